The molecule has 0 atom stereocenters. The summed E-state index contributed by atoms with van der Waals surface area (Å²) in [7, 11) is -3.66. The topological polar surface area (TPSA) is 87.7 Å². The number of aromatic amines is 1. The third-order valence-electron chi connectivity index (χ3n) is 2.65. The second kappa shape index (κ2) is 4.36. The zero-order chi connectivity index (χ0) is 13.3. The maximum Gasteiger partial charge on any atom is 0.262 e. The fourth-order valence-electron chi connectivity index (χ4n) is 1.83. The summed E-state index contributed by atoms with van der Waals surface area (Å²) in [6, 6.07) is 8.42. The summed E-state index contributed by atoms with van der Waals surface area (Å²) in [6.45, 7) is 0. The van der Waals surface area contributed by atoms with Crippen LogP contribution < -0.4 is 4.72 Å². The van der Waals surface area contributed by atoms with Gasteiger partial charge in [-0.3, -0.25) is 14.8 Å². The van der Waals surface area contributed by atoms with Gasteiger partial charge in [0.25, 0.3) is 10.0 Å². The van der Waals surface area contributed by atoms with E-state index in [2.05, 4.69) is 19.9 Å². The molecule has 3 rings (SSSR count). The van der Waals surface area contributed by atoms with Crippen molar-refractivity contribution in [3.63, 3.8) is 0 Å². The van der Waals surface area contributed by atoms with Crippen molar-refractivity contribution in [3.8, 4) is 0 Å². The smallest absolute Gasteiger partial charge is 0.262 e. The molecule has 0 fully saturated rings. The molecule has 1 aromatic carbocycles. The fraction of sp³-hybridized carbons (Fsp3) is 0. The minimum absolute atomic E-state index is 0.194. The van der Waals surface area contributed by atoms with Crippen LogP contribution in [0.15, 0.2) is 53.8 Å². The molecule has 0 saturated heterocycles. The van der Waals surface area contributed by atoms with Crippen molar-refractivity contribution in [1.82, 2.24) is 15.2 Å². The highest BCUT2D eigenvalue weighted by atomic mass is 32.2. The van der Waals surface area contributed by atoms with Crippen LogP contribution in [0.1, 0.15) is 0 Å². The van der Waals surface area contributed by atoms with E-state index in [1.807, 2.05) is 0 Å². The Morgan fingerprint density at radius 1 is 1.16 bits per heavy atom. The zero-order valence-electron chi connectivity index (χ0n) is 9.74. The Bertz CT molecular complexity index is 807. The van der Waals surface area contributed by atoms with Gasteiger partial charge in [0.15, 0.2) is 0 Å². The highest BCUT2D eigenvalue weighted by Gasteiger charge is 2.17. The molecule has 7 heteroatoms. The number of anilines is 1. The van der Waals surface area contributed by atoms with E-state index in [4.69, 9.17) is 0 Å². The lowest BCUT2D eigenvalue weighted by atomic mass is 10.2. The average Bonchev–Trinajstić information content (AvgIpc) is 2.90. The van der Waals surface area contributed by atoms with Crippen LogP contribution in [0.3, 0.4) is 0 Å². The van der Waals surface area contributed by atoms with Gasteiger partial charge in [-0.05, 0) is 24.3 Å². The standard InChI is InChI=1S/C12H10N4O2S/c17-19(18,16-9-7-14-15-8-9)12-5-1-4-11-10(12)3-2-6-13-11/h1-8,16H,(H,14,15). The first-order chi connectivity index (χ1) is 9.17. The minimum Gasteiger partial charge on any atom is -0.284 e. The van der Waals surface area contributed by atoms with E-state index in [0.717, 1.165) is 0 Å². The van der Waals surface area contributed by atoms with Crippen molar-refractivity contribution < 1.29 is 8.42 Å². The minimum atomic E-state index is -3.66. The molecule has 96 valence electrons. The van der Waals surface area contributed by atoms with Crippen LogP contribution >= 0.6 is 0 Å². The van der Waals surface area contributed by atoms with Crippen LogP contribution in [0.25, 0.3) is 10.9 Å². The van der Waals surface area contributed by atoms with Crippen LogP contribution in [0, 0.1) is 0 Å². The lowest BCUT2D eigenvalue weighted by Gasteiger charge is -2.08. The van der Waals surface area contributed by atoms with E-state index in [-0.39, 0.29) is 4.90 Å². The van der Waals surface area contributed by atoms with Gasteiger partial charge in [0.2, 0.25) is 0 Å². The molecule has 6 nitrogen and oxygen atoms in total. The van der Waals surface area contributed by atoms with E-state index in [1.165, 1.54) is 12.4 Å². The maximum atomic E-state index is 12.3. The molecule has 0 aliphatic heterocycles. The summed E-state index contributed by atoms with van der Waals surface area (Å²) in [4.78, 5) is 4.34. The predicted octanol–water partition coefficient (Wildman–Crippen LogP) is 1.76. The summed E-state index contributed by atoms with van der Waals surface area (Å²) in [5.41, 5.74) is 1.03. The molecule has 0 spiro atoms. The van der Waals surface area contributed by atoms with Gasteiger partial charge in [0.1, 0.15) is 0 Å². The molecule has 2 N–H and O–H groups in total. The monoisotopic (exact) mass is 274 g/mol. The number of pyridine rings is 1. The lowest BCUT2D eigenvalue weighted by molar-refractivity contribution is 0.602. The summed E-state index contributed by atoms with van der Waals surface area (Å²) >= 11 is 0. The molecule has 0 radical (unpaired) electrons. The average molecular weight is 274 g/mol. The number of nitrogens with zero attached hydrogens (tertiary/aromatic N) is 2. The van der Waals surface area contributed by atoms with Crippen LogP contribution in [0.5, 0.6) is 0 Å². The van der Waals surface area contributed by atoms with Gasteiger partial charge in [-0.2, -0.15) is 5.10 Å². The second-order valence-electron chi connectivity index (χ2n) is 3.92. The van der Waals surface area contributed by atoms with Gasteiger partial charge in [0.05, 0.1) is 22.3 Å². The number of hydrogen-bond donors (Lipinski definition) is 2. The first-order valence-corrected chi connectivity index (χ1v) is 7.00. The summed E-state index contributed by atoms with van der Waals surface area (Å²) in [5, 5.41) is 6.83. The van der Waals surface area contributed by atoms with E-state index in [1.54, 1.807) is 36.5 Å². The molecule has 0 aliphatic rings. The Morgan fingerprint density at radius 3 is 2.84 bits per heavy atom. The summed E-state index contributed by atoms with van der Waals surface area (Å²) in [6.07, 6.45) is 4.50. The third kappa shape index (κ3) is 2.15. The maximum absolute atomic E-state index is 12.3. The normalized spacial score (nSPS) is 11.6. The van der Waals surface area contributed by atoms with Crippen LogP contribution in [-0.2, 0) is 10.0 Å². The van der Waals surface area contributed by atoms with E-state index >= 15 is 0 Å². The fourth-order valence-corrected chi connectivity index (χ4v) is 3.08. The molecular formula is C12H10N4O2S. The summed E-state index contributed by atoms with van der Waals surface area (Å²) < 4.78 is 27.1. The molecule has 2 aromatic heterocycles. The number of rotatable bonds is 3. The molecule has 2 heterocycles. The Balaban J connectivity index is 2.13. The predicted molar refractivity (Wildman–Crippen MR) is 71.1 cm³/mol. The van der Waals surface area contributed by atoms with Crippen molar-refractivity contribution in [2.45, 2.75) is 4.90 Å². The van der Waals surface area contributed by atoms with Crippen LogP contribution in [0.4, 0.5) is 5.69 Å². The Kier molecular flexibility index (Phi) is 2.68. The molecule has 3 aromatic rings. The molecular weight excluding hydrogens is 264 g/mol. The highest BCUT2D eigenvalue weighted by molar-refractivity contribution is 7.93. The molecule has 0 saturated carbocycles. The van der Waals surface area contributed by atoms with Crippen LogP contribution in [-0.4, -0.2) is 23.6 Å². The van der Waals surface area contributed by atoms with E-state index in [0.29, 0.717) is 16.6 Å². The van der Waals surface area contributed by atoms with Gasteiger partial charge in [-0.15, -0.1) is 0 Å². The number of fused-ring (bicyclic) bond motifs is 1. The van der Waals surface area contributed by atoms with Gasteiger partial charge >= 0.3 is 0 Å². The largest absolute Gasteiger partial charge is 0.284 e. The van der Waals surface area contributed by atoms with Crippen molar-refractivity contribution in [1.29, 1.82) is 0 Å². The van der Waals surface area contributed by atoms with E-state index in [9.17, 15) is 8.42 Å². The Morgan fingerprint density at radius 2 is 2.05 bits per heavy atom. The molecule has 0 bridgehead atoms. The van der Waals surface area contributed by atoms with Crippen molar-refractivity contribution in [2.75, 3.05) is 4.72 Å². The third-order valence-corrected chi connectivity index (χ3v) is 4.09. The number of benzene rings is 1. The quantitative estimate of drug-likeness (QED) is 0.761. The SMILES string of the molecule is O=S(=O)(Nc1cn[nH]c1)c1cccc2ncccc12. The number of nitrogens with one attached hydrogen (secondary N) is 2. The number of H-pyrrole nitrogens is 1. The Labute approximate surface area is 109 Å². The molecule has 19 heavy (non-hydrogen) atoms. The number of hydrogen-bond acceptors (Lipinski definition) is 4. The second-order valence-corrected chi connectivity index (χ2v) is 5.57. The van der Waals surface area contributed by atoms with Gasteiger partial charge in [-0.25, -0.2) is 8.42 Å². The van der Waals surface area contributed by atoms with Crippen molar-refractivity contribution >= 4 is 26.6 Å². The number of sulfonamides is 1. The van der Waals surface area contributed by atoms with E-state index < -0.39 is 10.0 Å². The van der Waals surface area contributed by atoms with Crippen LogP contribution in [0.2, 0.25) is 0 Å². The molecule has 0 unspecified atom stereocenters. The highest BCUT2D eigenvalue weighted by Crippen LogP contribution is 2.23. The van der Waals surface area contributed by atoms with Gasteiger partial charge < -0.3 is 0 Å². The lowest BCUT2D eigenvalue weighted by Crippen LogP contribution is -2.13. The van der Waals surface area contributed by atoms with Gasteiger partial charge in [-0.1, -0.05) is 6.07 Å². The van der Waals surface area contributed by atoms with Gasteiger partial charge in [0, 0.05) is 17.8 Å². The Hall–Kier alpha value is -2.41. The first-order valence-electron chi connectivity index (χ1n) is 5.52. The molecule has 0 aliphatic carbocycles. The molecule has 0 amide bonds. The zero-order valence-corrected chi connectivity index (χ0v) is 10.6. The first kappa shape index (κ1) is 11.7. The number of aromatic nitrogens is 3. The van der Waals surface area contributed by atoms with Crippen molar-refractivity contribution in [2.24, 2.45) is 0 Å². The summed E-state index contributed by atoms with van der Waals surface area (Å²) in [5.74, 6) is 0. The van der Waals surface area contributed by atoms with Crippen molar-refractivity contribution in [3.05, 3.63) is 48.9 Å².